The average Bonchev–Trinajstić information content (AvgIpc) is 3.51. The molecule has 1 saturated heterocycles. The number of alkyl halides is 3. The molecule has 1 amide bonds. The first-order valence-electron chi connectivity index (χ1n) is 10.1. The van der Waals surface area contributed by atoms with E-state index in [1.54, 1.807) is 42.6 Å². The van der Waals surface area contributed by atoms with Crippen molar-refractivity contribution in [3.63, 3.8) is 0 Å². The highest BCUT2D eigenvalue weighted by Crippen LogP contribution is 2.37. The first-order chi connectivity index (χ1) is 15.3. The van der Waals surface area contributed by atoms with Gasteiger partial charge in [0.2, 0.25) is 0 Å². The highest BCUT2D eigenvalue weighted by atomic mass is 19.4. The minimum absolute atomic E-state index is 0.0278. The number of nitrogens with one attached hydrogen (secondary N) is 2. The Morgan fingerprint density at radius 1 is 1.16 bits per heavy atom. The van der Waals surface area contributed by atoms with Crippen molar-refractivity contribution in [2.75, 3.05) is 6.61 Å². The third-order valence-electron chi connectivity index (χ3n) is 4.73. The van der Waals surface area contributed by atoms with Crippen LogP contribution >= 0.6 is 0 Å². The molecule has 0 saturated carbocycles. The Hall–Kier alpha value is -3.46. The van der Waals surface area contributed by atoms with E-state index in [1.165, 1.54) is 0 Å². The molecule has 9 heteroatoms. The maximum atomic E-state index is 13.3. The van der Waals surface area contributed by atoms with Gasteiger partial charge in [0.25, 0.3) is 5.91 Å². The van der Waals surface area contributed by atoms with Gasteiger partial charge in [0.05, 0.1) is 17.7 Å². The number of amides is 1. The standard InChI is InChI=1S/C23H21F3N2O4/c1-2-11-30-18-5-3-4-6-19(18)31-17-8-7-14(23(24,25)26)12-16(17)21(29)28-15-9-10-27-22-20(13-15)32-22/h3-10,12-13,20,22,27H,2,11H2,1H3,(H,28,29). The summed E-state index contributed by atoms with van der Waals surface area (Å²) in [5, 5.41) is 5.59. The number of rotatable bonds is 7. The number of allylic oxidation sites excluding steroid dienone is 1. The van der Waals surface area contributed by atoms with Gasteiger partial charge >= 0.3 is 6.18 Å². The lowest BCUT2D eigenvalue weighted by atomic mass is 10.1. The largest absolute Gasteiger partial charge is 0.490 e. The van der Waals surface area contributed by atoms with Gasteiger partial charge in [-0.05, 0) is 48.9 Å². The number of para-hydroxylation sites is 2. The van der Waals surface area contributed by atoms with Crippen LogP contribution in [0.3, 0.4) is 0 Å². The van der Waals surface area contributed by atoms with E-state index in [9.17, 15) is 18.0 Å². The number of carbonyl (C=O) groups is 1. The monoisotopic (exact) mass is 446 g/mol. The van der Waals surface area contributed by atoms with Crippen LogP contribution in [0.4, 0.5) is 13.2 Å². The van der Waals surface area contributed by atoms with Gasteiger partial charge < -0.3 is 24.8 Å². The molecule has 2 N–H and O–H groups in total. The van der Waals surface area contributed by atoms with Gasteiger partial charge in [0, 0.05) is 11.9 Å². The van der Waals surface area contributed by atoms with E-state index in [0.29, 0.717) is 23.8 Å². The number of benzene rings is 2. The molecule has 2 aromatic carbocycles. The third-order valence-corrected chi connectivity index (χ3v) is 4.73. The molecule has 0 aromatic heterocycles. The summed E-state index contributed by atoms with van der Waals surface area (Å²) in [6.07, 6.45) is 0.681. The molecule has 0 bridgehead atoms. The second kappa shape index (κ2) is 8.96. The summed E-state index contributed by atoms with van der Waals surface area (Å²) in [4.78, 5) is 13.0. The maximum absolute atomic E-state index is 13.3. The first kappa shape index (κ1) is 21.8. The van der Waals surface area contributed by atoms with Crippen molar-refractivity contribution in [2.45, 2.75) is 31.9 Å². The van der Waals surface area contributed by atoms with Crippen molar-refractivity contribution in [1.29, 1.82) is 0 Å². The van der Waals surface area contributed by atoms with Gasteiger partial charge in [0.1, 0.15) is 11.9 Å². The molecule has 0 aliphatic carbocycles. The van der Waals surface area contributed by atoms with Gasteiger partial charge in [-0.2, -0.15) is 13.2 Å². The van der Waals surface area contributed by atoms with Crippen molar-refractivity contribution < 1.29 is 32.2 Å². The van der Waals surface area contributed by atoms with Crippen molar-refractivity contribution in [1.82, 2.24) is 10.6 Å². The second-order valence-corrected chi connectivity index (χ2v) is 7.20. The van der Waals surface area contributed by atoms with E-state index in [0.717, 1.165) is 24.6 Å². The van der Waals surface area contributed by atoms with Gasteiger partial charge in [-0.1, -0.05) is 19.1 Å². The molecule has 1 fully saturated rings. The number of carbonyl (C=O) groups excluding carboxylic acids is 1. The Labute approximate surface area is 182 Å². The van der Waals surface area contributed by atoms with E-state index in [4.69, 9.17) is 14.2 Å². The van der Waals surface area contributed by atoms with Crippen LogP contribution in [0.15, 0.2) is 66.5 Å². The van der Waals surface area contributed by atoms with Gasteiger partial charge in [-0.25, -0.2) is 0 Å². The van der Waals surface area contributed by atoms with E-state index >= 15 is 0 Å². The zero-order valence-electron chi connectivity index (χ0n) is 17.1. The maximum Gasteiger partial charge on any atom is 0.416 e. The fourth-order valence-electron chi connectivity index (χ4n) is 3.09. The molecule has 2 aliphatic heterocycles. The molecule has 6 nitrogen and oxygen atoms in total. The molecule has 168 valence electrons. The SMILES string of the molecule is CCCOc1ccccc1Oc1ccc(C(F)(F)F)cc1C(=O)NC1=CC2OC2NC=C1. The van der Waals surface area contributed by atoms with E-state index in [2.05, 4.69) is 10.6 Å². The van der Waals surface area contributed by atoms with Gasteiger partial charge in [0.15, 0.2) is 17.7 Å². The van der Waals surface area contributed by atoms with Crippen LogP contribution in [0, 0.1) is 0 Å². The number of fused-ring (bicyclic) bond motifs is 1. The minimum atomic E-state index is -4.61. The predicted molar refractivity (Wildman–Crippen MR) is 110 cm³/mol. The van der Waals surface area contributed by atoms with E-state index < -0.39 is 17.6 Å². The van der Waals surface area contributed by atoms with E-state index in [-0.39, 0.29) is 23.6 Å². The third kappa shape index (κ3) is 5.05. The molecular formula is C23H21F3N2O4. The van der Waals surface area contributed by atoms with Crippen LogP contribution in [0.2, 0.25) is 0 Å². The Bertz CT molecular complexity index is 1070. The van der Waals surface area contributed by atoms with Crippen molar-refractivity contribution in [3.8, 4) is 17.2 Å². The van der Waals surface area contributed by atoms with Crippen LogP contribution in [0.5, 0.6) is 17.2 Å². The van der Waals surface area contributed by atoms with Crippen LogP contribution in [0.25, 0.3) is 0 Å². The summed E-state index contributed by atoms with van der Waals surface area (Å²) >= 11 is 0. The Morgan fingerprint density at radius 2 is 1.94 bits per heavy atom. The van der Waals surface area contributed by atoms with Crippen molar-refractivity contribution in [2.24, 2.45) is 0 Å². The lowest BCUT2D eigenvalue weighted by Gasteiger charge is -2.16. The van der Waals surface area contributed by atoms with Crippen LogP contribution in [-0.2, 0) is 10.9 Å². The summed E-state index contributed by atoms with van der Waals surface area (Å²) < 4.78 is 56.8. The van der Waals surface area contributed by atoms with Crippen molar-refractivity contribution in [3.05, 3.63) is 77.6 Å². The Balaban J connectivity index is 1.65. The highest BCUT2D eigenvalue weighted by molar-refractivity contribution is 5.98. The second-order valence-electron chi connectivity index (χ2n) is 7.20. The highest BCUT2D eigenvalue weighted by Gasteiger charge is 2.38. The van der Waals surface area contributed by atoms with Crippen LogP contribution in [0.1, 0.15) is 29.3 Å². The summed E-state index contributed by atoms with van der Waals surface area (Å²) in [6, 6.07) is 9.55. The molecule has 2 heterocycles. The number of halogens is 3. The molecule has 2 aromatic rings. The fourth-order valence-corrected chi connectivity index (χ4v) is 3.09. The molecule has 32 heavy (non-hydrogen) atoms. The molecular weight excluding hydrogens is 425 g/mol. The number of epoxide rings is 1. The number of ether oxygens (including phenoxy) is 3. The van der Waals surface area contributed by atoms with Crippen LogP contribution in [-0.4, -0.2) is 24.8 Å². The lowest BCUT2D eigenvalue weighted by Crippen LogP contribution is -2.23. The minimum Gasteiger partial charge on any atom is -0.490 e. The number of hydrogen-bond acceptors (Lipinski definition) is 5. The van der Waals surface area contributed by atoms with Gasteiger partial charge in [-0.15, -0.1) is 0 Å². The quantitative estimate of drug-likeness (QED) is 0.601. The van der Waals surface area contributed by atoms with Crippen molar-refractivity contribution >= 4 is 5.91 Å². The fraction of sp³-hybridized carbons (Fsp3) is 0.261. The molecule has 2 aliphatic rings. The summed E-state index contributed by atoms with van der Waals surface area (Å²) in [6.45, 7) is 2.39. The lowest BCUT2D eigenvalue weighted by molar-refractivity contribution is -0.137. The number of hydrogen-bond donors (Lipinski definition) is 2. The summed E-state index contributed by atoms with van der Waals surface area (Å²) in [5.74, 6) is -0.0484. The molecule has 0 radical (unpaired) electrons. The smallest absolute Gasteiger partial charge is 0.416 e. The van der Waals surface area contributed by atoms with Gasteiger partial charge in [-0.3, -0.25) is 4.79 Å². The summed E-state index contributed by atoms with van der Waals surface area (Å²) in [5.41, 5.74) is -0.810. The summed E-state index contributed by atoms with van der Waals surface area (Å²) in [7, 11) is 0. The topological polar surface area (TPSA) is 72.1 Å². The molecule has 2 unspecified atom stereocenters. The zero-order chi connectivity index (χ0) is 22.7. The molecule has 0 spiro atoms. The average molecular weight is 446 g/mol. The van der Waals surface area contributed by atoms with Crippen LogP contribution < -0.4 is 20.1 Å². The normalized spacial score (nSPS) is 19.2. The Kier molecular flexibility index (Phi) is 6.09. The Morgan fingerprint density at radius 3 is 2.69 bits per heavy atom. The molecule has 2 atom stereocenters. The molecule has 4 rings (SSSR count). The first-order valence-corrected chi connectivity index (χ1v) is 10.1. The zero-order valence-corrected chi connectivity index (χ0v) is 17.1. The van der Waals surface area contributed by atoms with E-state index in [1.807, 2.05) is 6.92 Å². The predicted octanol–water partition coefficient (Wildman–Crippen LogP) is 4.74.